The van der Waals surface area contributed by atoms with Gasteiger partial charge in [-0.2, -0.15) is 0 Å². The molecule has 1 aromatic carbocycles. The van der Waals surface area contributed by atoms with Crippen molar-refractivity contribution in [3.05, 3.63) is 54.4 Å². The number of hydrogen-bond donors (Lipinski definition) is 0. The molecular weight excluding hydrogens is 324 g/mol. The Morgan fingerprint density at radius 1 is 0.923 bits per heavy atom. The lowest BCUT2D eigenvalue weighted by molar-refractivity contribution is 0.0472. The maximum Gasteiger partial charge on any atom is 0.253 e. The molecule has 1 spiro atoms. The van der Waals surface area contributed by atoms with Gasteiger partial charge in [0.25, 0.3) is 5.91 Å². The summed E-state index contributed by atoms with van der Waals surface area (Å²) < 4.78 is 5.75. The van der Waals surface area contributed by atoms with Gasteiger partial charge in [-0.25, -0.2) is 0 Å². The van der Waals surface area contributed by atoms with Crippen LogP contribution in [0.15, 0.2) is 48.8 Å². The van der Waals surface area contributed by atoms with E-state index in [1.807, 2.05) is 41.3 Å². The van der Waals surface area contributed by atoms with Gasteiger partial charge < -0.3 is 9.64 Å². The molecule has 1 aliphatic heterocycles. The molecule has 1 saturated carbocycles. The van der Waals surface area contributed by atoms with Crippen molar-refractivity contribution >= 4 is 5.91 Å². The monoisotopic (exact) mass is 350 g/mol. The molecule has 2 heterocycles. The molecule has 2 aliphatic rings. The number of benzene rings is 1. The SMILES string of the molecule is O=C(c1ccc(Oc2cccnc2)cc1)N1CCC2(CCCCC2)CC1. The number of ether oxygens (including phenoxy) is 1. The van der Waals surface area contributed by atoms with Crippen LogP contribution in [0.4, 0.5) is 0 Å². The van der Waals surface area contributed by atoms with E-state index in [1.54, 1.807) is 12.4 Å². The molecule has 0 radical (unpaired) electrons. The molecule has 26 heavy (non-hydrogen) atoms. The van der Waals surface area contributed by atoms with E-state index in [4.69, 9.17) is 4.74 Å². The highest BCUT2D eigenvalue weighted by Crippen LogP contribution is 2.44. The van der Waals surface area contributed by atoms with E-state index in [0.29, 0.717) is 16.9 Å². The highest BCUT2D eigenvalue weighted by atomic mass is 16.5. The molecule has 1 aliphatic carbocycles. The van der Waals surface area contributed by atoms with Crippen LogP contribution in [0.1, 0.15) is 55.3 Å². The zero-order chi connectivity index (χ0) is 17.8. The van der Waals surface area contributed by atoms with E-state index >= 15 is 0 Å². The molecule has 0 unspecified atom stereocenters. The van der Waals surface area contributed by atoms with Gasteiger partial charge in [-0.15, -0.1) is 0 Å². The summed E-state index contributed by atoms with van der Waals surface area (Å²) in [6.45, 7) is 1.79. The molecule has 4 nitrogen and oxygen atoms in total. The predicted octanol–water partition coefficient (Wildman–Crippen LogP) is 5.06. The number of pyridine rings is 1. The van der Waals surface area contributed by atoms with Gasteiger partial charge in [0, 0.05) is 24.8 Å². The van der Waals surface area contributed by atoms with Crippen molar-refractivity contribution in [2.45, 2.75) is 44.9 Å². The van der Waals surface area contributed by atoms with Crippen LogP contribution in [0, 0.1) is 5.41 Å². The van der Waals surface area contributed by atoms with Crippen LogP contribution in [-0.2, 0) is 0 Å². The Balaban J connectivity index is 1.36. The minimum Gasteiger partial charge on any atom is -0.456 e. The Morgan fingerprint density at radius 3 is 2.31 bits per heavy atom. The average Bonchev–Trinajstić information content (AvgIpc) is 2.70. The zero-order valence-corrected chi connectivity index (χ0v) is 15.2. The van der Waals surface area contributed by atoms with Gasteiger partial charge in [-0.1, -0.05) is 19.3 Å². The molecule has 4 heteroatoms. The fourth-order valence-corrected chi connectivity index (χ4v) is 4.38. The van der Waals surface area contributed by atoms with Gasteiger partial charge in [0.1, 0.15) is 11.5 Å². The molecule has 2 aromatic rings. The van der Waals surface area contributed by atoms with Crippen molar-refractivity contribution < 1.29 is 9.53 Å². The number of carbonyl (C=O) groups is 1. The minimum atomic E-state index is 0.142. The Labute approximate surface area is 155 Å². The second-order valence-electron chi connectivity index (χ2n) is 7.67. The zero-order valence-electron chi connectivity index (χ0n) is 15.2. The Morgan fingerprint density at radius 2 is 1.65 bits per heavy atom. The van der Waals surface area contributed by atoms with Crippen molar-refractivity contribution in [3.8, 4) is 11.5 Å². The summed E-state index contributed by atoms with van der Waals surface area (Å²) in [7, 11) is 0. The van der Waals surface area contributed by atoms with Crippen LogP contribution < -0.4 is 4.74 Å². The Hall–Kier alpha value is -2.36. The second-order valence-corrected chi connectivity index (χ2v) is 7.67. The summed E-state index contributed by atoms with van der Waals surface area (Å²) >= 11 is 0. The summed E-state index contributed by atoms with van der Waals surface area (Å²) in [6.07, 6.45) is 12.6. The largest absolute Gasteiger partial charge is 0.456 e. The normalized spacial score (nSPS) is 19.3. The lowest BCUT2D eigenvalue weighted by atomic mass is 9.68. The van der Waals surface area contributed by atoms with E-state index in [1.165, 1.54) is 44.9 Å². The van der Waals surface area contributed by atoms with Gasteiger partial charge in [-0.05, 0) is 67.5 Å². The first-order valence-corrected chi connectivity index (χ1v) is 9.71. The first-order chi connectivity index (χ1) is 12.7. The van der Waals surface area contributed by atoms with Gasteiger partial charge in [-0.3, -0.25) is 9.78 Å². The average molecular weight is 350 g/mol. The summed E-state index contributed by atoms with van der Waals surface area (Å²) in [5.41, 5.74) is 1.26. The Kier molecular flexibility index (Phi) is 4.91. The molecule has 0 atom stereocenters. The number of piperidine rings is 1. The van der Waals surface area contributed by atoms with E-state index < -0.39 is 0 Å². The van der Waals surface area contributed by atoms with Crippen LogP contribution in [0.25, 0.3) is 0 Å². The molecule has 136 valence electrons. The number of nitrogens with zero attached hydrogens (tertiary/aromatic N) is 2. The molecule has 4 rings (SSSR count). The number of aromatic nitrogens is 1. The van der Waals surface area contributed by atoms with Crippen molar-refractivity contribution in [2.75, 3.05) is 13.1 Å². The molecular formula is C22H26N2O2. The lowest BCUT2D eigenvalue weighted by Crippen LogP contribution is -2.43. The fourth-order valence-electron chi connectivity index (χ4n) is 4.38. The summed E-state index contributed by atoms with van der Waals surface area (Å²) in [5.74, 6) is 1.55. The standard InChI is InChI=1S/C22H26N2O2/c25-21(24-15-12-22(13-16-24)10-2-1-3-11-22)18-6-8-19(9-7-18)26-20-5-4-14-23-17-20/h4-9,14,17H,1-3,10-13,15-16H2. The van der Waals surface area contributed by atoms with Gasteiger partial charge in [0.05, 0.1) is 6.20 Å². The van der Waals surface area contributed by atoms with E-state index in [0.717, 1.165) is 18.7 Å². The molecule has 1 aromatic heterocycles. The van der Waals surface area contributed by atoms with E-state index in [2.05, 4.69) is 4.98 Å². The third-order valence-electron chi connectivity index (χ3n) is 6.00. The van der Waals surface area contributed by atoms with Crippen LogP contribution in [0.5, 0.6) is 11.5 Å². The van der Waals surface area contributed by atoms with Crippen molar-refractivity contribution in [1.82, 2.24) is 9.88 Å². The van der Waals surface area contributed by atoms with Crippen LogP contribution >= 0.6 is 0 Å². The molecule has 1 saturated heterocycles. The first-order valence-electron chi connectivity index (χ1n) is 9.71. The van der Waals surface area contributed by atoms with E-state index in [9.17, 15) is 4.79 Å². The smallest absolute Gasteiger partial charge is 0.253 e. The third-order valence-corrected chi connectivity index (χ3v) is 6.00. The van der Waals surface area contributed by atoms with Crippen molar-refractivity contribution in [1.29, 1.82) is 0 Å². The predicted molar refractivity (Wildman–Crippen MR) is 101 cm³/mol. The van der Waals surface area contributed by atoms with Crippen molar-refractivity contribution in [3.63, 3.8) is 0 Å². The van der Waals surface area contributed by atoms with E-state index in [-0.39, 0.29) is 5.91 Å². The van der Waals surface area contributed by atoms with Gasteiger partial charge in [0.15, 0.2) is 0 Å². The van der Waals surface area contributed by atoms with Crippen LogP contribution in [0.2, 0.25) is 0 Å². The number of hydrogen-bond acceptors (Lipinski definition) is 3. The highest BCUT2D eigenvalue weighted by Gasteiger charge is 2.36. The quantitative estimate of drug-likeness (QED) is 0.777. The number of amides is 1. The lowest BCUT2D eigenvalue weighted by Gasteiger charge is -2.44. The maximum absolute atomic E-state index is 12.8. The number of carbonyl (C=O) groups excluding carboxylic acids is 1. The Bertz CT molecular complexity index is 726. The van der Waals surface area contributed by atoms with Crippen molar-refractivity contribution in [2.24, 2.45) is 5.41 Å². The van der Waals surface area contributed by atoms with Gasteiger partial charge in [0.2, 0.25) is 0 Å². The summed E-state index contributed by atoms with van der Waals surface area (Å²) in [5, 5.41) is 0. The van der Waals surface area contributed by atoms with Gasteiger partial charge >= 0.3 is 0 Å². The fraction of sp³-hybridized carbons (Fsp3) is 0.455. The number of likely N-dealkylation sites (tertiary alicyclic amines) is 1. The second kappa shape index (κ2) is 7.48. The number of rotatable bonds is 3. The van der Waals surface area contributed by atoms with Crippen LogP contribution in [-0.4, -0.2) is 28.9 Å². The highest BCUT2D eigenvalue weighted by molar-refractivity contribution is 5.94. The molecule has 0 bridgehead atoms. The minimum absolute atomic E-state index is 0.142. The first kappa shape index (κ1) is 17.1. The third kappa shape index (κ3) is 3.74. The summed E-state index contributed by atoms with van der Waals surface area (Å²) in [6, 6.07) is 11.1. The molecule has 2 fully saturated rings. The topological polar surface area (TPSA) is 42.4 Å². The molecule has 0 N–H and O–H groups in total. The van der Waals surface area contributed by atoms with Crippen LogP contribution in [0.3, 0.4) is 0 Å². The summed E-state index contributed by atoms with van der Waals surface area (Å²) in [4.78, 5) is 18.9. The molecule has 1 amide bonds. The maximum atomic E-state index is 12.8.